The number of benzene rings is 2. The first kappa shape index (κ1) is 17.6. The molecule has 1 unspecified atom stereocenters. The number of hydrogen-bond donors (Lipinski definition) is 1. The fourth-order valence-electron chi connectivity index (χ4n) is 2.04. The zero-order valence-electron chi connectivity index (χ0n) is 13.6. The van der Waals surface area contributed by atoms with Crippen LogP contribution in [0.15, 0.2) is 60.7 Å². The third-order valence-corrected chi connectivity index (χ3v) is 3.14. The Morgan fingerprint density at radius 1 is 1.12 bits per heavy atom. The lowest BCUT2D eigenvalue weighted by Crippen LogP contribution is -2.19. The molecule has 2 aromatic carbocycles. The molecule has 24 heavy (non-hydrogen) atoms. The van der Waals surface area contributed by atoms with Crippen LogP contribution < -0.4 is 14.2 Å². The number of para-hydroxylation sites is 1. The van der Waals surface area contributed by atoms with Crippen molar-refractivity contribution in [3.8, 4) is 17.2 Å². The van der Waals surface area contributed by atoms with Gasteiger partial charge in [-0.05, 0) is 42.8 Å². The van der Waals surface area contributed by atoms with Gasteiger partial charge < -0.3 is 19.3 Å². The number of aryl methyl sites for hydroxylation is 1. The first-order valence-electron chi connectivity index (χ1n) is 7.49. The quantitative estimate of drug-likeness (QED) is 0.481. The van der Waals surface area contributed by atoms with Crippen molar-refractivity contribution in [3.63, 3.8) is 0 Å². The van der Waals surface area contributed by atoms with Gasteiger partial charge in [0.05, 0.1) is 13.7 Å². The first-order chi connectivity index (χ1) is 11.6. The third kappa shape index (κ3) is 5.44. The van der Waals surface area contributed by atoms with Crippen molar-refractivity contribution in [3.05, 3.63) is 66.2 Å². The van der Waals surface area contributed by atoms with Crippen molar-refractivity contribution in [2.45, 2.75) is 13.0 Å². The van der Waals surface area contributed by atoms with Gasteiger partial charge in [-0.1, -0.05) is 18.2 Å². The normalized spacial score (nSPS) is 12.0. The predicted octanol–water partition coefficient (Wildman–Crippen LogP) is 2.91. The van der Waals surface area contributed by atoms with Crippen LogP contribution in [0.4, 0.5) is 0 Å². The van der Waals surface area contributed by atoms with Crippen LogP contribution in [-0.4, -0.2) is 30.9 Å². The van der Waals surface area contributed by atoms with Gasteiger partial charge in [0.15, 0.2) is 0 Å². The van der Waals surface area contributed by atoms with E-state index >= 15 is 0 Å². The number of ether oxygens (including phenoxy) is 3. The minimum absolute atomic E-state index is 0.253. The highest BCUT2D eigenvalue weighted by Gasteiger charge is 2.08. The highest BCUT2D eigenvalue weighted by Crippen LogP contribution is 2.22. The summed E-state index contributed by atoms with van der Waals surface area (Å²) in [5.74, 6) is 1.06. The maximum absolute atomic E-state index is 11.9. The van der Waals surface area contributed by atoms with Crippen LogP contribution in [0.3, 0.4) is 0 Å². The number of methoxy groups -OCH3 is 1. The molecule has 0 radical (unpaired) electrons. The molecule has 5 nitrogen and oxygen atoms in total. The Balaban J connectivity index is 1.97. The standard InChI is InChI=1S/C19H20O5/c1-14-10-17(22-2)12-18(11-14)24-19(21)9-8-16(13-20)23-15-6-4-3-5-7-15/h3-12,16,20H,13H2,1-2H3/b9-8+. The van der Waals surface area contributed by atoms with E-state index < -0.39 is 12.1 Å². The third-order valence-electron chi connectivity index (χ3n) is 3.14. The summed E-state index contributed by atoms with van der Waals surface area (Å²) in [4.78, 5) is 11.9. The lowest BCUT2D eigenvalue weighted by atomic mass is 10.2. The molecule has 0 amide bonds. The Morgan fingerprint density at radius 3 is 2.50 bits per heavy atom. The highest BCUT2D eigenvalue weighted by molar-refractivity contribution is 5.84. The molecular weight excluding hydrogens is 308 g/mol. The molecule has 0 saturated carbocycles. The molecule has 0 aliphatic rings. The fraction of sp³-hybridized carbons (Fsp3) is 0.211. The molecular formula is C19H20O5. The Hall–Kier alpha value is -2.79. The van der Waals surface area contributed by atoms with E-state index in [2.05, 4.69) is 0 Å². The van der Waals surface area contributed by atoms with E-state index in [1.807, 2.05) is 31.2 Å². The Kier molecular flexibility index (Phi) is 6.40. The molecule has 0 heterocycles. The van der Waals surface area contributed by atoms with Crippen LogP contribution in [-0.2, 0) is 4.79 Å². The fourth-order valence-corrected chi connectivity index (χ4v) is 2.04. The summed E-state index contributed by atoms with van der Waals surface area (Å²) in [5, 5.41) is 9.35. The summed E-state index contributed by atoms with van der Waals surface area (Å²) < 4.78 is 15.9. The molecule has 0 aliphatic heterocycles. The SMILES string of the molecule is COc1cc(C)cc(OC(=O)/C=C/C(CO)Oc2ccccc2)c1. The minimum Gasteiger partial charge on any atom is -0.497 e. The molecule has 0 aliphatic carbocycles. The summed E-state index contributed by atoms with van der Waals surface area (Å²) in [6.45, 7) is 1.63. The van der Waals surface area contributed by atoms with Crippen molar-refractivity contribution < 1.29 is 24.1 Å². The topological polar surface area (TPSA) is 65.0 Å². The van der Waals surface area contributed by atoms with Crippen LogP contribution in [0.25, 0.3) is 0 Å². The molecule has 0 bridgehead atoms. The summed E-state index contributed by atoms with van der Waals surface area (Å²) in [6.07, 6.45) is 2.06. The van der Waals surface area contributed by atoms with Crippen LogP contribution in [0.1, 0.15) is 5.56 Å². The largest absolute Gasteiger partial charge is 0.497 e. The number of carbonyl (C=O) groups excluding carboxylic acids is 1. The molecule has 1 N–H and O–H groups in total. The number of esters is 1. The van der Waals surface area contributed by atoms with E-state index in [9.17, 15) is 9.90 Å². The maximum Gasteiger partial charge on any atom is 0.335 e. The van der Waals surface area contributed by atoms with Gasteiger partial charge in [0.1, 0.15) is 23.4 Å². The van der Waals surface area contributed by atoms with Gasteiger partial charge in [-0.25, -0.2) is 4.79 Å². The van der Waals surface area contributed by atoms with Gasteiger partial charge in [-0.2, -0.15) is 0 Å². The molecule has 0 fully saturated rings. The van der Waals surface area contributed by atoms with Crippen LogP contribution in [0.2, 0.25) is 0 Å². The van der Waals surface area contributed by atoms with Gasteiger partial charge in [-0.3, -0.25) is 0 Å². The van der Waals surface area contributed by atoms with Crippen LogP contribution >= 0.6 is 0 Å². The monoisotopic (exact) mass is 328 g/mol. The lowest BCUT2D eigenvalue weighted by Gasteiger charge is -2.12. The Bertz CT molecular complexity index is 694. The number of aliphatic hydroxyl groups is 1. The number of rotatable bonds is 7. The smallest absolute Gasteiger partial charge is 0.335 e. The van der Waals surface area contributed by atoms with Crippen molar-refractivity contribution in [1.29, 1.82) is 0 Å². The summed E-state index contributed by atoms with van der Waals surface area (Å²) in [6, 6.07) is 14.3. The second-order valence-electron chi connectivity index (χ2n) is 5.12. The van der Waals surface area contributed by atoms with E-state index in [0.29, 0.717) is 17.2 Å². The number of aliphatic hydroxyl groups excluding tert-OH is 1. The van der Waals surface area contributed by atoms with Crippen molar-refractivity contribution in [1.82, 2.24) is 0 Å². The summed E-state index contributed by atoms with van der Waals surface area (Å²) in [5.41, 5.74) is 0.918. The average Bonchev–Trinajstić information content (AvgIpc) is 2.58. The highest BCUT2D eigenvalue weighted by atomic mass is 16.5. The lowest BCUT2D eigenvalue weighted by molar-refractivity contribution is -0.129. The molecule has 5 heteroatoms. The van der Waals surface area contributed by atoms with Crippen LogP contribution in [0.5, 0.6) is 17.2 Å². The molecule has 1 atom stereocenters. The van der Waals surface area contributed by atoms with Gasteiger partial charge in [0.25, 0.3) is 0 Å². The van der Waals surface area contributed by atoms with E-state index in [1.165, 1.54) is 12.2 Å². The van der Waals surface area contributed by atoms with Gasteiger partial charge in [-0.15, -0.1) is 0 Å². The van der Waals surface area contributed by atoms with Gasteiger partial charge in [0, 0.05) is 12.1 Å². The van der Waals surface area contributed by atoms with Crippen molar-refractivity contribution >= 4 is 5.97 Å². The molecule has 0 spiro atoms. The van der Waals surface area contributed by atoms with E-state index in [4.69, 9.17) is 14.2 Å². The summed E-state index contributed by atoms with van der Waals surface area (Å²) >= 11 is 0. The molecule has 0 aromatic heterocycles. The molecule has 126 valence electrons. The summed E-state index contributed by atoms with van der Waals surface area (Å²) in [7, 11) is 1.55. The Morgan fingerprint density at radius 2 is 1.83 bits per heavy atom. The minimum atomic E-state index is -0.632. The molecule has 2 aromatic rings. The zero-order chi connectivity index (χ0) is 17.4. The molecule has 2 rings (SSSR count). The van der Waals surface area contributed by atoms with E-state index in [0.717, 1.165) is 5.56 Å². The second-order valence-corrected chi connectivity index (χ2v) is 5.12. The van der Waals surface area contributed by atoms with E-state index in [-0.39, 0.29) is 6.61 Å². The van der Waals surface area contributed by atoms with Gasteiger partial charge in [0.2, 0.25) is 0 Å². The van der Waals surface area contributed by atoms with Crippen molar-refractivity contribution in [2.75, 3.05) is 13.7 Å². The van der Waals surface area contributed by atoms with Crippen molar-refractivity contribution in [2.24, 2.45) is 0 Å². The molecule has 0 saturated heterocycles. The van der Waals surface area contributed by atoms with E-state index in [1.54, 1.807) is 31.4 Å². The van der Waals surface area contributed by atoms with Crippen LogP contribution in [0, 0.1) is 6.92 Å². The number of carbonyl (C=O) groups is 1. The average molecular weight is 328 g/mol. The Labute approximate surface area is 141 Å². The second kappa shape index (κ2) is 8.74. The number of hydrogen-bond acceptors (Lipinski definition) is 5. The first-order valence-corrected chi connectivity index (χ1v) is 7.49. The predicted molar refractivity (Wildman–Crippen MR) is 90.4 cm³/mol. The zero-order valence-corrected chi connectivity index (χ0v) is 13.6. The van der Waals surface area contributed by atoms with Gasteiger partial charge >= 0.3 is 5.97 Å². The maximum atomic E-state index is 11.9.